The monoisotopic (exact) mass is 323 g/mol. The van der Waals surface area contributed by atoms with Crippen LogP contribution in [0.1, 0.15) is 44.1 Å². The van der Waals surface area contributed by atoms with Crippen molar-refractivity contribution in [1.29, 1.82) is 0 Å². The molecular weight excluding hydrogens is 302 g/mol. The van der Waals surface area contributed by atoms with Crippen molar-refractivity contribution in [2.24, 2.45) is 0 Å². The number of nitrogen functional groups attached to an aromatic ring is 1. The summed E-state index contributed by atoms with van der Waals surface area (Å²) in [7, 11) is 0. The Morgan fingerprint density at radius 3 is 2.90 bits per heavy atom. The van der Waals surface area contributed by atoms with E-state index in [-0.39, 0.29) is 5.60 Å². The zero-order valence-corrected chi connectivity index (χ0v) is 14.4. The van der Waals surface area contributed by atoms with Gasteiger partial charge in [0.2, 0.25) is 0 Å². The van der Waals surface area contributed by atoms with Crippen molar-refractivity contribution in [3.05, 3.63) is 10.4 Å². The molecule has 0 amide bonds. The van der Waals surface area contributed by atoms with Gasteiger partial charge in [-0.05, 0) is 25.3 Å². The van der Waals surface area contributed by atoms with Gasteiger partial charge in [-0.2, -0.15) is 0 Å². The Balaban J connectivity index is 2.05. The minimum Gasteiger partial charge on any atom is -0.383 e. The number of fused-ring (bicyclic) bond motifs is 3. The van der Waals surface area contributed by atoms with Crippen LogP contribution in [0.15, 0.2) is 5.16 Å². The second-order valence-electron chi connectivity index (χ2n) is 5.69. The Labute approximate surface area is 133 Å². The molecule has 0 fully saturated rings. The Bertz CT molecular complexity index is 670. The van der Waals surface area contributed by atoms with E-state index in [1.807, 2.05) is 0 Å². The van der Waals surface area contributed by atoms with Crippen molar-refractivity contribution >= 4 is 39.1 Å². The van der Waals surface area contributed by atoms with Crippen LogP contribution in [0.2, 0.25) is 0 Å². The van der Waals surface area contributed by atoms with E-state index in [0.29, 0.717) is 12.4 Å². The Hall–Kier alpha value is -0.850. The lowest BCUT2D eigenvalue weighted by molar-refractivity contribution is -0.0542. The third-order valence-electron chi connectivity index (χ3n) is 4.03. The number of hydrogen-bond donors (Lipinski definition) is 1. The molecule has 4 nitrogen and oxygen atoms in total. The van der Waals surface area contributed by atoms with Crippen LogP contribution >= 0.6 is 23.1 Å². The highest BCUT2D eigenvalue weighted by molar-refractivity contribution is 7.99. The highest BCUT2D eigenvalue weighted by atomic mass is 32.2. The van der Waals surface area contributed by atoms with Crippen LogP contribution in [0.5, 0.6) is 0 Å². The molecule has 0 spiro atoms. The maximum Gasteiger partial charge on any atom is 0.190 e. The molecule has 2 N–H and O–H groups in total. The van der Waals surface area contributed by atoms with Crippen molar-refractivity contribution in [2.75, 3.05) is 11.5 Å². The third kappa shape index (κ3) is 2.76. The summed E-state index contributed by atoms with van der Waals surface area (Å²) in [6.07, 6.45) is 3.00. The van der Waals surface area contributed by atoms with E-state index < -0.39 is 0 Å². The highest BCUT2D eigenvalue weighted by Gasteiger charge is 2.32. The summed E-state index contributed by atoms with van der Waals surface area (Å²) in [5.41, 5.74) is 7.44. The smallest absolute Gasteiger partial charge is 0.190 e. The molecule has 21 heavy (non-hydrogen) atoms. The molecule has 3 rings (SSSR count). The molecule has 114 valence electrons. The number of nitrogens with zero attached hydrogens (tertiary/aromatic N) is 2. The first-order valence-corrected chi connectivity index (χ1v) is 9.21. The van der Waals surface area contributed by atoms with Crippen LogP contribution in [0.3, 0.4) is 0 Å². The topological polar surface area (TPSA) is 61.0 Å². The zero-order valence-electron chi connectivity index (χ0n) is 12.7. The van der Waals surface area contributed by atoms with Crippen LogP contribution in [-0.2, 0) is 17.8 Å². The highest BCUT2D eigenvalue weighted by Crippen LogP contribution is 2.41. The SMILES string of the molecule is CCCSc1nc(N)c2c3c(sc2n1)COC(C)(CC)C3. The largest absolute Gasteiger partial charge is 0.383 e. The summed E-state index contributed by atoms with van der Waals surface area (Å²) in [6.45, 7) is 7.15. The van der Waals surface area contributed by atoms with Gasteiger partial charge in [-0.25, -0.2) is 9.97 Å². The first-order chi connectivity index (χ1) is 10.1. The van der Waals surface area contributed by atoms with Crippen LogP contribution in [-0.4, -0.2) is 21.3 Å². The van der Waals surface area contributed by atoms with E-state index in [1.54, 1.807) is 23.1 Å². The van der Waals surface area contributed by atoms with E-state index in [9.17, 15) is 0 Å². The predicted octanol–water partition coefficient (Wildman–Crippen LogP) is 4.02. The lowest BCUT2D eigenvalue weighted by Crippen LogP contribution is -2.33. The molecule has 0 bridgehead atoms. The molecule has 1 aliphatic heterocycles. The summed E-state index contributed by atoms with van der Waals surface area (Å²) >= 11 is 3.38. The Morgan fingerprint density at radius 1 is 1.38 bits per heavy atom. The molecule has 0 saturated heterocycles. The van der Waals surface area contributed by atoms with Crippen molar-refractivity contribution < 1.29 is 4.74 Å². The van der Waals surface area contributed by atoms with Gasteiger partial charge in [0.15, 0.2) is 5.16 Å². The van der Waals surface area contributed by atoms with Gasteiger partial charge in [-0.15, -0.1) is 11.3 Å². The summed E-state index contributed by atoms with van der Waals surface area (Å²) in [5, 5.41) is 1.85. The standard InChI is InChI=1S/C15H21N3OS2/c1-4-6-20-14-17-12(16)11-9-7-15(3,5-2)19-8-10(9)21-13(11)18-14/h4-8H2,1-3H3,(H2,16,17,18). The van der Waals surface area contributed by atoms with Gasteiger partial charge < -0.3 is 10.5 Å². The molecule has 0 saturated carbocycles. The number of hydrogen-bond acceptors (Lipinski definition) is 6. The van der Waals surface area contributed by atoms with Gasteiger partial charge in [0.1, 0.15) is 10.6 Å². The third-order valence-corrected chi connectivity index (χ3v) is 6.18. The summed E-state index contributed by atoms with van der Waals surface area (Å²) in [6, 6.07) is 0. The maximum atomic E-state index is 6.23. The quantitative estimate of drug-likeness (QED) is 0.680. The maximum absolute atomic E-state index is 6.23. The molecule has 1 unspecified atom stereocenters. The number of rotatable bonds is 4. The minimum absolute atomic E-state index is 0.0942. The molecular formula is C15H21N3OS2. The fourth-order valence-corrected chi connectivity index (χ4v) is 4.44. The van der Waals surface area contributed by atoms with Gasteiger partial charge in [0.25, 0.3) is 0 Å². The Kier molecular flexibility index (Phi) is 4.12. The second-order valence-corrected chi connectivity index (χ2v) is 7.84. The van der Waals surface area contributed by atoms with Crippen molar-refractivity contribution in [2.45, 2.75) is 57.4 Å². The first kappa shape index (κ1) is 15.1. The van der Waals surface area contributed by atoms with Crippen LogP contribution in [0.4, 0.5) is 5.82 Å². The number of thioether (sulfide) groups is 1. The summed E-state index contributed by atoms with van der Waals surface area (Å²) in [5.74, 6) is 1.64. The summed E-state index contributed by atoms with van der Waals surface area (Å²) in [4.78, 5) is 11.4. The molecule has 1 aliphatic rings. The molecule has 3 heterocycles. The normalized spacial score (nSPS) is 21.7. The number of ether oxygens (including phenoxy) is 1. The fourth-order valence-electron chi connectivity index (χ4n) is 2.56. The van der Waals surface area contributed by atoms with Crippen LogP contribution in [0, 0.1) is 0 Å². The lowest BCUT2D eigenvalue weighted by Gasteiger charge is -2.33. The van der Waals surface area contributed by atoms with E-state index >= 15 is 0 Å². The molecule has 0 aliphatic carbocycles. The molecule has 0 radical (unpaired) electrons. The summed E-state index contributed by atoms with van der Waals surface area (Å²) < 4.78 is 6.02. The van der Waals surface area contributed by atoms with Gasteiger partial charge in [0, 0.05) is 17.1 Å². The van der Waals surface area contributed by atoms with Gasteiger partial charge >= 0.3 is 0 Å². The molecule has 0 aromatic carbocycles. The average Bonchev–Trinajstić information content (AvgIpc) is 2.83. The average molecular weight is 323 g/mol. The van der Waals surface area contributed by atoms with E-state index in [1.165, 1.54) is 10.4 Å². The second kappa shape index (κ2) is 5.74. The van der Waals surface area contributed by atoms with E-state index in [4.69, 9.17) is 10.5 Å². The number of nitrogens with two attached hydrogens (primary N) is 1. The minimum atomic E-state index is -0.0942. The van der Waals surface area contributed by atoms with E-state index in [0.717, 1.165) is 40.4 Å². The zero-order chi connectivity index (χ0) is 15.0. The molecule has 1 atom stereocenters. The molecule has 2 aromatic rings. The molecule has 6 heteroatoms. The number of aromatic nitrogens is 2. The van der Waals surface area contributed by atoms with Gasteiger partial charge in [0.05, 0.1) is 17.6 Å². The fraction of sp³-hybridized carbons (Fsp3) is 0.600. The van der Waals surface area contributed by atoms with Crippen molar-refractivity contribution in [3.8, 4) is 0 Å². The van der Waals surface area contributed by atoms with Crippen LogP contribution in [0.25, 0.3) is 10.2 Å². The number of thiophene rings is 1. The first-order valence-electron chi connectivity index (χ1n) is 7.41. The van der Waals surface area contributed by atoms with E-state index in [2.05, 4.69) is 30.7 Å². The van der Waals surface area contributed by atoms with Crippen LogP contribution < -0.4 is 5.73 Å². The van der Waals surface area contributed by atoms with Crippen molar-refractivity contribution in [1.82, 2.24) is 9.97 Å². The Morgan fingerprint density at radius 2 is 2.19 bits per heavy atom. The number of anilines is 1. The molecule has 2 aromatic heterocycles. The van der Waals surface area contributed by atoms with Crippen molar-refractivity contribution in [3.63, 3.8) is 0 Å². The lowest BCUT2D eigenvalue weighted by atomic mass is 9.90. The predicted molar refractivity (Wildman–Crippen MR) is 90.0 cm³/mol. The van der Waals surface area contributed by atoms with Gasteiger partial charge in [-0.1, -0.05) is 25.6 Å². The van der Waals surface area contributed by atoms with Gasteiger partial charge in [-0.3, -0.25) is 0 Å².